The predicted octanol–water partition coefficient (Wildman–Crippen LogP) is 6.60. The highest BCUT2D eigenvalue weighted by Gasteiger charge is 2.30. The van der Waals surface area contributed by atoms with E-state index in [1.807, 2.05) is 17.5 Å². The van der Waals surface area contributed by atoms with Crippen LogP contribution in [0.2, 0.25) is 0 Å². The molecule has 11 heteroatoms. The maximum atomic E-state index is 12.3. The molecule has 1 N–H and O–H groups in total. The first-order chi connectivity index (χ1) is 14.5. The highest BCUT2D eigenvalue weighted by Crippen LogP contribution is 2.40. The van der Waals surface area contributed by atoms with Crippen LogP contribution >= 0.6 is 34.4 Å². The van der Waals surface area contributed by atoms with Crippen LogP contribution in [0, 0.1) is 0 Å². The van der Waals surface area contributed by atoms with Crippen LogP contribution in [0.1, 0.15) is 5.56 Å². The first kappa shape index (κ1) is 20.6. The number of thiophene rings is 1. The average Bonchev–Trinajstić information content (AvgIpc) is 3.37. The van der Waals surface area contributed by atoms with Gasteiger partial charge < -0.3 is 10.1 Å². The van der Waals surface area contributed by atoms with E-state index < -0.39 is 6.36 Å². The Labute approximate surface area is 182 Å². The summed E-state index contributed by atoms with van der Waals surface area (Å²) in [6.45, 7) is 0. The van der Waals surface area contributed by atoms with Crippen LogP contribution in [0.5, 0.6) is 5.75 Å². The number of benzene rings is 1. The zero-order valence-corrected chi connectivity index (χ0v) is 17.5. The summed E-state index contributed by atoms with van der Waals surface area (Å²) in [4.78, 5) is 6.18. The van der Waals surface area contributed by atoms with Gasteiger partial charge in [-0.2, -0.15) is 0 Å². The lowest BCUT2D eigenvalue weighted by molar-refractivity contribution is -0.274. The molecule has 0 spiro atoms. The van der Waals surface area contributed by atoms with Gasteiger partial charge in [0.1, 0.15) is 5.75 Å². The molecule has 4 aromatic rings. The van der Waals surface area contributed by atoms with Gasteiger partial charge in [0.15, 0.2) is 5.01 Å². The van der Waals surface area contributed by atoms with E-state index in [4.69, 9.17) is 0 Å². The van der Waals surface area contributed by atoms with E-state index in [1.165, 1.54) is 41.2 Å². The number of ether oxygens (including phenoxy) is 1. The van der Waals surface area contributed by atoms with Crippen molar-refractivity contribution in [2.24, 2.45) is 0 Å². The molecule has 0 saturated carbocycles. The first-order valence-electron chi connectivity index (χ1n) is 8.52. The Morgan fingerprint density at radius 1 is 1.00 bits per heavy atom. The Hall–Kier alpha value is -2.63. The van der Waals surface area contributed by atoms with Gasteiger partial charge in [-0.05, 0) is 53.4 Å². The summed E-state index contributed by atoms with van der Waals surface area (Å²) in [5, 5.41) is 14.8. The summed E-state index contributed by atoms with van der Waals surface area (Å²) >= 11 is 4.68. The predicted molar refractivity (Wildman–Crippen MR) is 113 cm³/mol. The molecule has 30 heavy (non-hydrogen) atoms. The second kappa shape index (κ2) is 9.02. The molecule has 0 atom stereocenters. The van der Waals surface area contributed by atoms with Crippen molar-refractivity contribution in [1.82, 2.24) is 15.2 Å². The van der Waals surface area contributed by atoms with Gasteiger partial charge in [0.2, 0.25) is 5.13 Å². The number of anilines is 2. The van der Waals surface area contributed by atoms with Crippen molar-refractivity contribution in [1.29, 1.82) is 0 Å². The van der Waals surface area contributed by atoms with Gasteiger partial charge in [0.05, 0.1) is 4.88 Å². The Kier molecular flexibility index (Phi) is 6.21. The van der Waals surface area contributed by atoms with E-state index in [0.29, 0.717) is 10.8 Å². The van der Waals surface area contributed by atoms with Gasteiger partial charge in [-0.25, -0.2) is 0 Å². The van der Waals surface area contributed by atoms with Crippen LogP contribution in [-0.4, -0.2) is 21.5 Å². The molecule has 0 unspecified atom stereocenters. The monoisotopic (exact) mass is 466 g/mol. The molecule has 0 aliphatic rings. The lowest BCUT2D eigenvalue weighted by Crippen LogP contribution is -2.16. The number of rotatable bonds is 7. The number of nitrogens with one attached hydrogen (secondary N) is 1. The number of halogens is 3. The maximum absolute atomic E-state index is 12.3. The van der Waals surface area contributed by atoms with Gasteiger partial charge >= 0.3 is 6.36 Å². The van der Waals surface area contributed by atoms with Crippen LogP contribution in [0.4, 0.5) is 24.0 Å². The molecule has 0 bridgehead atoms. The average molecular weight is 467 g/mol. The minimum atomic E-state index is -4.71. The Bertz CT molecular complexity index is 1100. The number of hydrogen-bond acceptors (Lipinski definition) is 8. The summed E-state index contributed by atoms with van der Waals surface area (Å²) in [6, 6.07) is 11.5. The molecular formula is C19H13F3N4OS3. The molecular weight excluding hydrogens is 453 g/mol. The summed E-state index contributed by atoms with van der Waals surface area (Å²) in [5.74, 6) is 0.545. The zero-order chi connectivity index (χ0) is 21.0. The quantitative estimate of drug-likeness (QED) is 0.310. The third-order valence-electron chi connectivity index (χ3n) is 3.73. The van der Waals surface area contributed by atoms with Crippen molar-refractivity contribution < 1.29 is 17.9 Å². The van der Waals surface area contributed by atoms with Crippen LogP contribution in [0.3, 0.4) is 0 Å². The van der Waals surface area contributed by atoms with Crippen LogP contribution < -0.4 is 10.1 Å². The van der Waals surface area contributed by atoms with Crippen molar-refractivity contribution in [3.63, 3.8) is 0 Å². The molecule has 4 rings (SSSR count). The van der Waals surface area contributed by atoms with Gasteiger partial charge in [-0.1, -0.05) is 11.3 Å². The van der Waals surface area contributed by atoms with Crippen molar-refractivity contribution >= 4 is 45.3 Å². The number of thioether (sulfide) groups is 1. The normalized spacial score (nSPS) is 11.4. The van der Waals surface area contributed by atoms with Gasteiger partial charge in [0, 0.05) is 28.7 Å². The van der Waals surface area contributed by atoms with E-state index in [1.54, 1.807) is 35.5 Å². The van der Waals surface area contributed by atoms with Crippen molar-refractivity contribution in [3.8, 4) is 15.6 Å². The lowest BCUT2D eigenvalue weighted by atomic mass is 10.3. The highest BCUT2D eigenvalue weighted by molar-refractivity contribution is 7.98. The standard InChI is InChI=1S/C19H13F3N4OS3/c20-19(21,22)27-14-3-1-13(2-4-14)24-18-26-25-17(30-18)16-15(7-10-28-16)29-11-12-5-8-23-9-6-12/h1-10H,11H2,(H,24,26). The van der Waals surface area contributed by atoms with Crippen molar-refractivity contribution in [3.05, 3.63) is 65.8 Å². The number of hydrogen-bond donors (Lipinski definition) is 1. The molecule has 0 fully saturated rings. The second-order valence-electron chi connectivity index (χ2n) is 5.87. The largest absolute Gasteiger partial charge is 0.573 e. The van der Waals surface area contributed by atoms with E-state index >= 15 is 0 Å². The molecule has 0 amide bonds. The van der Waals surface area contributed by atoms with Gasteiger partial charge in [-0.3, -0.25) is 4.98 Å². The third kappa shape index (κ3) is 5.49. The SMILES string of the molecule is FC(F)(F)Oc1ccc(Nc2nnc(-c3sccc3SCc3ccncc3)s2)cc1. The van der Waals surface area contributed by atoms with E-state index in [-0.39, 0.29) is 5.75 Å². The highest BCUT2D eigenvalue weighted by atomic mass is 32.2. The molecule has 0 radical (unpaired) electrons. The van der Waals surface area contributed by atoms with Crippen LogP contribution in [0.25, 0.3) is 9.88 Å². The number of alkyl halides is 3. The molecule has 3 heterocycles. The maximum Gasteiger partial charge on any atom is 0.573 e. The lowest BCUT2D eigenvalue weighted by Gasteiger charge is -2.09. The molecule has 154 valence electrons. The Morgan fingerprint density at radius 3 is 2.50 bits per heavy atom. The molecule has 0 saturated heterocycles. The van der Waals surface area contributed by atoms with Gasteiger partial charge in [0.25, 0.3) is 0 Å². The van der Waals surface area contributed by atoms with E-state index in [9.17, 15) is 13.2 Å². The van der Waals surface area contributed by atoms with Crippen molar-refractivity contribution in [2.75, 3.05) is 5.32 Å². The second-order valence-corrected chi connectivity index (χ2v) is 8.78. The summed E-state index contributed by atoms with van der Waals surface area (Å²) < 4.78 is 40.6. The topological polar surface area (TPSA) is 59.9 Å². The fourth-order valence-corrected chi connectivity index (χ4v) is 5.47. The molecule has 0 aliphatic carbocycles. The zero-order valence-electron chi connectivity index (χ0n) is 15.1. The van der Waals surface area contributed by atoms with Crippen LogP contribution in [-0.2, 0) is 5.75 Å². The Morgan fingerprint density at radius 2 is 1.77 bits per heavy atom. The molecule has 3 aromatic heterocycles. The summed E-state index contributed by atoms with van der Waals surface area (Å²) in [6.07, 6.45) is -1.17. The molecule has 5 nitrogen and oxygen atoms in total. The Balaban J connectivity index is 1.42. The van der Waals surface area contributed by atoms with Gasteiger partial charge in [-0.15, -0.1) is 46.5 Å². The third-order valence-corrected chi connectivity index (χ3v) is 6.90. The minimum absolute atomic E-state index is 0.277. The molecule has 1 aromatic carbocycles. The smallest absolute Gasteiger partial charge is 0.406 e. The first-order valence-corrected chi connectivity index (χ1v) is 11.2. The van der Waals surface area contributed by atoms with Crippen LogP contribution in [0.15, 0.2) is 65.1 Å². The van der Waals surface area contributed by atoms with E-state index in [2.05, 4.69) is 31.3 Å². The fraction of sp³-hybridized carbons (Fsp3) is 0.105. The number of pyridine rings is 1. The number of aromatic nitrogens is 3. The van der Waals surface area contributed by atoms with E-state index in [0.717, 1.165) is 20.5 Å². The molecule has 0 aliphatic heterocycles. The summed E-state index contributed by atoms with van der Waals surface area (Å²) in [7, 11) is 0. The number of nitrogens with zero attached hydrogens (tertiary/aromatic N) is 3. The summed E-state index contributed by atoms with van der Waals surface area (Å²) in [5.41, 5.74) is 1.77. The minimum Gasteiger partial charge on any atom is -0.406 e. The van der Waals surface area contributed by atoms with Crippen molar-refractivity contribution in [2.45, 2.75) is 17.0 Å². The fourth-order valence-electron chi connectivity index (χ4n) is 2.44.